The summed E-state index contributed by atoms with van der Waals surface area (Å²) >= 11 is 0. The Morgan fingerprint density at radius 3 is 2.40 bits per heavy atom. The van der Waals surface area contributed by atoms with E-state index in [2.05, 4.69) is 0 Å². The minimum atomic E-state index is -3.76. The average Bonchev–Trinajstić information content (AvgIpc) is 2.95. The molecule has 7 nitrogen and oxygen atoms in total. The molecule has 0 saturated carbocycles. The first-order valence-electron chi connectivity index (χ1n) is 7.56. The SMILES string of the molecule is Cl.Cn1cc(S(=O)(=O)N(CCCN)Cc2ccccc2)cc1C(N)=O. The number of sulfonamides is 1. The van der Waals surface area contributed by atoms with Gasteiger partial charge in [0.25, 0.3) is 5.91 Å². The first-order valence-corrected chi connectivity index (χ1v) is 9.00. The van der Waals surface area contributed by atoms with Gasteiger partial charge in [-0.2, -0.15) is 4.31 Å². The molecular weight excluding hydrogens is 364 g/mol. The zero-order valence-electron chi connectivity index (χ0n) is 14.0. The standard InChI is InChI=1S/C16H22N4O3S.ClH/c1-19-12-14(10-15(19)16(18)21)24(22,23)20(9-5-8-17)11-13-6-3-2-4-7-13;/h2-4,6-7,10,12H,5,8-9,11,17H2,1H3,(H2,18,21);1H. The lowest BCUT2D eigenvalue weighted by molar-refractivity contribution is 0.0992. The summed E-state index contributed by atoms with van der Waals surface area (Å²) < 4.78 is 28.7. The lowest BCUT2D eigenvalue weighted by Gasteiger charge is -2.21. The molecule has 2 aromatic rings. The molecule has 9 heteroatoms. The predicted octanol–water partition coefficient (Wildman–Crippen LogP) is 1.09. The topological polar surface area (TPSA) is 111 Å². The van der Waals surface area contributed by atoms with Crippen LogP contribution in [0, 0.1) is 0 Å². The van der Waals surface area contributed by atoms with Crippen molar-refractivity contribution in [2.75, 3.05) is 13.1 Å². The van der Waals surface area contributed by atoms with E-state index in [1.807, 2.05) is 30.3 Å². The number of amides is 1. The van der Waals surface area contributed by atoms with Gasteiger partial charge < -0.3 is 16.0 Å². The second kappa shape index (κ2) is 9.00. The van der Waals surface area contributed by atoms with Crippen molar-refractivity contribution in [3.8, 4) is 0 Å². The number of rotatable bonds is 8. The van der Waals surface area contributed by atoms with Crippen molar-refractivity contribution in [1.29, 1.82) is 0 Å². The second-order valence-electron chi connectivity index (χ2n) is 5.50. The fourth-order valence-electron chi connectivity index (χ4n) is 2.41. The molecule has 1 amide bonds. The Balaban J connectivity index is 0.00000312. The van der Waals surface area contributed by atoms with Gasteiger partial charge in [-0.05, 0) is 24.6 Å². The first kappa shape index (κ1) is 21.2. The number of carbonyl (C=O) groups is 1. The highest BCUT2D eigenvalue weighted by atomic mass is 35.5. The van der Waals surface area contributed by atoms with E-state index in [4.69, 9.17) is 11.5 Å². The van der Waals surface area contributed by atoms with E-state index in [1.165, 1.54) is 21.1 Å². The van der Waals surface area contributed by atoms with Crippen LogP contribution in [0.15, 0.2) is 47.5 Å². The van der Waals surface area contributed by atoms with Gasteiger partial charge in [-0.1, -0.05) is 30.3 Å². The molecule has 4 N–H and O–H groups in total. The van der Waals surface area contributed by atoms with Crippen molar-refractivity contribution >= 4 is 28.3 Å². The van der Waals surface area contributed by atoms with Gasteiger partial charge in [0.15, 0.2) is 0 Å². The highest BCUT2D eigenvalue weighted by Gasteiger charge is 2.27. The molecule has 0 unspecified atom stereocenters. The van der Waals surface area contributed by atoms with E-state index in [1.54, 1.807) is 7.05 Å². The van der Waals surface area contributed by atoms with Crippen LogP contribution in [0.2, 0.25) is 0 Å². The maximum Gasteiger partial charge on any atom is 0.265 e. The number of benzene rings is 1. The molecule has 0 fully saturated rings. The molecular formula is C16H23ClN4O3S. The normalized spacial score (nSPS) is 11.3. The van der Waals surface area contributed by atoms with Gasteiger partial charge in [0.1, 0.15) is 10.6 Å². The van der Waals surface area contributed by atoms with Crippen molar-refractivity contribution in [3.63, 3.8) is 0 Å². The summed E-state index contributed by atoms with van der Waals surface area (Å²) in [5.74, 6) is -0.671. The molecule has 1 aromatic carbocycles. The number of aryl methyl sites for hydroxylation is 1. The molecule has 0 bridgehead atoms. The molecule has 0 saturated heterocycles. The summed E-state index contributed by atoms with van der Waals surface area (Å²) in [4.78, 5) is 11.4. The third kappa shape index (κ3) is 5.05. The van der Waals surface area contributed by atoms with Gasteiger partial charge in [0.05, 0.1) is 0 Å². The zero-order valence-corrected chi connectivity index (χ0v) is 15.6. The largest absolute Gasteiger partial charge is 0.364 e. The monoisotopic (exact) mass is 386 g/mol. The number of nitrogens with zero attached hydrogens (tertiary/aromatic N) is 2. The summed E-state index contributed by atoms with van der Waals surface area (Å²) in [6.45, 7) is 0.931. The summed E-state index contributed by atoms with van der Waals surface area (Å²) in [6, 6.07) is 10.6. The van der Waals surface area contributed by atoms with E-state index in [0.717, 1.165) is 5.56 Å². The predicted molar refractivity (Wildman–Crippen MR) is 98.9 cm³/mol. The van der Waals surface area contributed by atoms with Crippen molar-refractivity contribution in [3.05, 3.63) is 53.9 Å². The quantitative estimate of drug-likeness (QED) is 0.707. The van der Waals surface area contributed by atoms with Gasteiger partial charge in [-0.3, -0.25) is 4.79 Å². The van der Waals surface area contributed by atoms with E-state index in [0.29, 0.717) is 19.5 Å². The van der Waals surface area contributed by atoms with Gasteiger partial charge in [0.2, 0.25) is 10.0 Å². The molecule has 0 aliphatic rings. The number of halogens is 1. The van der Waals surface area contributed by atoms with Crippen molar-refractivity contribution in [1.82, 2.24) is 8.87 Å². The molecule has 0 spiro atoms. The minimum absolute atomic E-state index is 0. The van der Waals surface area contributed by atoms with Gasteiger partial charge >= 0.3 is 0 Å². The van der Waals surface area contributed by atoms with Crippen molar-refractivity contribution in [2.24, 2.45) is 18.5 Å². The number of nitrogens with two attached hydrogens (primary N) is 2. The van der Waals surface area contributed by atoms with Crippen LogP contribution in [0.5, 0.6) is 0 Å². The number of aromatic nitrogens is 1. The van der Waals surface area contributed by atoms with Gasteiger partial charge in [-0.15, -0.1) is 12.4 Å². The highest BCUT2D eigenvalue weighted by Crippen LogP contribution is 2.21. The van der Waals surface area contributed by atoms with Crippen LogP contribution in [-0.2, 0) is 23.6 Å². The Morgan fingerprint density at radius 2 is 1.88 bits per heavy atom. The smallest absolute Gasteiger partial charge is 0.265 e. The van der Waals surface area contributed by atoms with Crippen LogP contribution in [0.4, 0.5) is 0 Å². The summed E-state index contributed by atoms with van der Waals surface area (Å²) in [7, 11) is -2.17. The second-order valence-corrected chi connectivity index (χ2v) is 7.44. The van der Waals surface area contributed by atoms with E-state index in [-0.39, 0.29) is 29.5 Å². The van der Waals surface area contributed by atoms with Gasteiger partial charge in [0, 0.05) is 26.3 Å². The van der Waals surface area contributed by atoms with E-state index in [9.17, 15) is 13.2 Å². The van der Waals surface area contributed by atoms with Crippen LogP contribution in [0.3, 0.4) is 0 Å². The lowest BCUT2D eigenvalue weighted by atomic mass is 10.2. The summed E-state index contributed by atoms with van der Waals surface area (Å²) in [5.41, 5.74) is 11.8. The minimum Gasteiger partial charge on any atom is -0.364 e. The van der Waals surface area contributed by atoms with Crippen LogP contribution < -0.4 is 11.5 Å². The van der Waals surface area contributed by atoms with Crippen LogP contribution >= 0.6 is 12.4 Å². The van der Waals surface area contributed by atoms with Crippen molar-refractivity contribution < 1.29 is 13.2 Å². The van der Waals surface area contributed by atoms with Crippen molar-refractivity contribution in [2.45, 2.75) is 17.9 Å². The van der Waals surface area contributed by atoms with Gasteiger partial charge in [-0.25, -0.2) is 8.42 Å². The third-order valence-electron chi connectivity index (χ3n) is 3.68. The first-order chi connectivity index (χ1) is 11.4. The van der Waals surface area contributed by atoms with Crippen LogP contribution in [-0.4, -0.2) is 36.3 Å². The molecule has 1 heterocycles. The van der Waals surface area contributed by atoms with E-state index < -0.39 is 15.9 Å². The van der Waals surface area contributed by atoms with Crippen LogP contribution in [0.1, 0.15) is 22.5 Å². The maximum atomic E-state index is 13.0. The average molecular weight is 387 g/mol. The Hall–Kier alpha value is -1.87. The number of primary amides is 1. The molecule has 2 rings (SSSR count). The molecule has 1 aromatic heterocycles. The highest BCUT2D eigenvalue weighted by molar-refractivity contribution is 7.89. The Kier molecular flexibility index (Phi) is 7.62. The Labute approximate surface area is 154 Å². The number of hydrogen-bond donors (Lipinski definition) is 2. The molecule has 0 aliphatic carbocycles. The molecule has 138 valence electrons. The maximum absolute atomic E-state index is 13.0. The third-order valence-corrected chi connectivity index (χ3v) is 5.49. The molecule has 25 heavy (non-hydrogen) atoms. The fourth-order valence-corrected chi connectivity index (χ4v) is 3.95. The molecule has 0 atom stereocenters. The lowest BCUT2D eigenvalue weighted by Crippen LogP contribution is -2.32. The summed E-state index contributed by atoms with van der Waals surface area (Å²) in [6.07, 6.45) is 1.94. The molecule has 0 aliphatic heterocycles. The Bertz CT molecular complexity index is 806. The zero-order chi connectivity index (χ0) is 17.7. The Morgan fingerprint density at radius 1 is 1.24 bits per heavy atom. The molecule has 0 radical (unpaired) electrons. The van der Waals surface area contributed by atoms with Crippen LogP contribution in [0.25, 0.3) is 0 Å². The summed E-state index contributed by atoms with van der Waals surface area (Å²) in [5, 5.41) is 0. The van der Waals surface area contributed by atoms with E-state index >= 15 is 0 Å². The number of hydrogen-bond acceptors (Lipinski definition) is 4. The number of carbonyl (C=O) groups excluding carboxylic acids is 1. The fraction of sp³-hybridized carbons (Fsp3) is 0.312.